The SMILES string of the molecule is COCCn1c(C)ccc1-c1ccccc1. The number of ether oxygens (including phenoxy) is 1. The third kappa shape index (κ3) is 2.17. The van der Waals surface area contributed by atoms with E-state index in [9.17, 15) is 0 Å². The fourth-order valence-electron chi connectivity index (χ4n) is 1.91. The molecule has 0 aliphatic heterocycles. The Morgan fingerprint density at radius 3 is 2.50 bits per heavy atom. The molecule has 2 aromatic rings. The molecule has 0 spiro atoms. The zero-order chi connectivity index (χ0) is 11.4. The van der Waals surface area contributed by atoms with E-state index in [4.69, 9.17) is 4.74 Å². The summed E-state index contributed by atoms with van der Waals surface area (Å²) < 4.78 is 7.43. The van der Waals surface area contributed by atoms with Gasteiger partial charge in [0.15, 0.2) is 0 Å². The zero-order valence-electron chi connectivity index (χ0n) is 9.81. The average Bonchev–Trinajstić information content (AvgIpc) is 2.69. The van der Waals surface area contributed by atoms with Crippen LogP contribution in [0.5, 0.6) is 0 Å². The maximum Gasteiger partial charge on any atom is 0.0642 e. The first kappa shape index (κ1) is 11.0. The minimum atomic E-state index is 0.745. The van der Waals surface area contributed by atoms with E-state index < -0.39 is 0 Å². The van der Waals surface area contributed by atoms with Gasteiger partial charge in [0.05, 0.1) is 6.61 Å². The molecular weight excluding hydrogens is 198 g/mol. The van der Waals surface area contributed by atoms with Crippen LogP contribution in [0.1, 0.15) is 5.69 Å². The Kier molecular flexibility index (Phi) is 3.42. The molecule has 16 heavy (non-hydrogen) atoms. The van der Waals surface area contributed by atoms with E-state index in [0.29, 0.717) is 0 Å². The molecular formula is C14H17NO. The van der Waals surface area contributed by atoms with E-state index in [1.165, 1.54) is 17.0 Å². The van der Waals surface area contributed by atoms with Crippen molar-refractivity contribution in [2.45, 2.75) is 13.5 Å². The van der Waals surface area contributed by atoms with Crippen LogP contribution in [0.25, 0.3) is 11.3 Å². The smallest absolute Gasteiger partial charge is 0.0642 e. The molecule has 1 aromatic heterocycles. The summed E-state index contributed by atoms with van der Waals surface area (Å²) in [4.78, 5) is 0. The summed E-state index contributed by atoms with van der Waals surface area (Å²) in [6.45, 7) is 3.77. The lowest BCUT2D eigenvalue weighted by molar-refractivity contribution is 0.187. The summed E-state index contributed by atoms with van der Waals surface area (Å²) in [5.74, 6) is 0. The molecule has 0 amide bonds. The molecule has 1 heterocycles. The van der Waals surface area contributed by atoms with Crippen LogP contribution in [0.3, 0.4) is 0 Å². The Morgan fingerprint density at radius 1 is 1.06 bits per heavy atom. The standard InChI is InChI=1S/C14H17NO/c1-12-8-9-14(15(12)10-11-16-2)13-6-4-3-5-7-13/h3-9H,10-11H2,1-2H3. The van der Waals surface area contributed by atoms with Gasteiger partial charge >= 0.3 is 0 Å². The van der Waals surface area contributed by atoms with Gasteiger partial charge < -0.3 is 9.30 Å². The highest BCUT2D eigenvalue weighted by atomic mass is 16.5. The van der Waals surface area contributed by atoms with E-state index in [1.807, 2.05) is 6.07 Å². The van der Waals surface area contributed by atoms with Gasteiger partial charge in [0.2, 0.25) is 0 Å². The second kappa shape index (κ2) is 4.99. The molecule has 0 aliphatic rings. The van der Waals surface area contributed by atoms with Crippen LogP contribution in [0.4, 0.5) is 0 Å². The Balaban J connectivity index is 2.34. The van der Waals surface area contributed by atoms with E-state index in [2.05, 4.69) is 47.9 Å². The van der Waals surface area contributed by atoms with Crippen LogP contribution in [0.2, 0.25) is 0 Å². The fourth-order valence-corrected chi connectivity index (χ4v) is 1.91. The molecule has 0 unspecified atom stereocenters. The number of benzene rings is 1. The Labute approximate surface area is 96.5 Å². The molecule has 0 N–H and O–H groups in total. The molecule has 0 saturated heterocycles. The van der Waals surface area contributed by atoms with Crippen LogP contribution in [0.15, 0.2) is 42.5 Å². The van der Waals surface area contributed by atoms with Crippen molar-refractivity contribution in [1.29, 1.82) is 0 Å². The predicted octanol–water partition coefficient (Wildman–Crippen LogP) is 3.11. The number of methoxy groups -OCH3 is 1. The van der Waals surface area contributed by atoms with Gasteiger partial charge in [0, 0.05) is 25.0 Å². The molecule has 0 aliphatic carbocycles. The molecule has 0 atom stereocenters. The molecule has 2 heteroatoms. The van der Waals surface area contributed by atoms with Crippen LogP contribution in [0, 0.1) is 6.92 Å². The molecule has 2 rings (SSSR count). The highest BCUT2D eigenvalue weighted by molar-refractivity contribution is 5.60. The highest BCUT2D eigenvalue weighted by Gasteiger charge is 2.06. The van der Waals surface area contributed by atoms with E-state index >= 15 is 0 Å². The van der Waals surface area contributed by atoms with Gasteiger partial charge in [-0.25, -0.2) is 0 Å². The number of aromatic nitrogens is 1. The average molecular weight is 215 g/mol. The fraction of sp³-hybridized carbons (Fsp3) is 0.286. The summed E-state index contributed by atoms with van der Waals surface area (Å²) in [5.41, 5.74) is 3.79. The van der Waals surface area contributed by atoms with Crippen molar-refractivity contribution in [1.82, 2.24) is 4.57 Å². The second-order valence-corrected chi connectivity index (χ2v) is 3.87. The number of hydrogen-bond acceptors (Lipinski definition) is 1. The van der Waals surface area contributed by atoms with Crippen molar-refractivity contribution in [2.24, 2.45) is 0 Å². The normalized spacial score (nSPS) is 10.6. The minimum Gasteiger partial charge on any atom is -0.383 e. The van der Waals surface area contributed by atoms with E-state index in [0.717, 1.165) is 13.2 Å². The second-order valence-electron chi connectivity index (χ2n) is 3.87. The van der Waals surface area contributed by atoms with Gasteiger partial charge in [-0.3, -0.25) is 0 Å². The van der Waals surface area contributed by atoms with Gasteiger partial charge in [0.25, 0.3) is 0 Å². The minimum absolute atomic E-state index is 0.745. The topological polar surface area (TPSA) is 14.2 Å². The van der Waals surface area contributed by atoms with Gasteiger partial charge in [-0.05, 0) is 24.6 Å². The lowest BCUT2D eigenvalue weighted by Crippen LogP contribution is -2.07. The summed E-state index contributed by atoms with van der Waals surface area (Å²) in [6, 6.07) is 14.8. The monoisotopic (exact) mass is 215 g/mol. The third-order valence-electron chi connectivity index (χ3n) is 2.79. The zero-order valence-corrected chi connectivity index (χ0v) is 9.81. The van der Waals surface area contributed by atoms with Crippen LogP contribution < -0.4 is 0 Å². The van der Waals surface area contributed by atoms with Crippen LogP contribution in [-0.2, 0) is 11.3 Å². The summed E-state index contributed by atoms with van der Waals surface area (Å²) in [6.07, 6.45) is 0. The first-order valence-corrected chi connectivity index (χ1v) is 5.53. The summed E-state index contributed by atoms with van der Waals surface area (Å²) in [5, 5.41) is 0. The van der Waals surface area contributed by atoms with Gasteiger partial charge in [0.1, 0.15) is 0 Å². The number of aryl methyl sites for hydroxylation is 1. The van der Waals surface area contributed by atoms with Crippen molar-refractivity contribution in [3.8, 4) is 11.3 Å². The van der Waals surface area contributed by atoms with Crippen molar-refractivity contribution in [3.63, 3.8) is 0 Å². The first-order valence-electron chi connectivity index (χ1n) is 5.53. The number of hydrogen-bond donors (Lipinski definition) is 0. The Hall–Kier alpha value is -1.54. The summed E-state index contributed by atoms with van der Waals surface area (Å²) >= 11 is 0. The highest BCUT2D eigenvalue weighted by Crippen LogP contribution is 2.21. The molecule has 1 aromatic carbocycles. The molecule has 0 saturated carbocycles. The number of nitrogens with zero attached hydrogens (tertiary/aromatic N) is 1. The third-order valence-corrected chi connectivity index (χ3v) is 2.79. The van der Waals surface area contributed by atoms with Gasteiger partial charge in [-0.1, -0.05) is 30.3 Å². The van der Waals surface area contributed by atoms with Crippen molar-refractivity contribution < 1.29 is 4.74 Å². The maximum atomic E-state index is 5.14. The predicted molar refractivity (Wildman–Crippen MR) is 66.5 cm³/mol. The lowest BCUT2D eigenvalue weighted by atomic mass is 10.1. The Morgan fingerprint density at radius 2 is 1.81 bits per heavy atom. The van der Waals surface area contributed by atoms with Crippen LogP contribution >= 0.6 is 0 Å². The maximum absolute atomic E-state index is 5.14. The lowest BCUT2D eigenvalue weighted by Gasteiger charge is -2.11. The van der Waals surface area contributed by atoms with E-state index in [1.54, 1.807) is 7.11 Å². The van der Waals surface area contributed by atoms with Crippen molar-refractivity contribution >= 4 is 0 Å². The Bertz CT molecular complexity index is 445. The summed E-state index contributed by atoms with van der Waals surface area (Å²) in [7, 11) is 1.74. The molecule has 84 valence electrons. The van der Waals surface area contributed by atoms with Gasteiger partial charge in [-0.15, -0.1) is 0 Å². The number of rotatable bonds is 4. The van der Waals surface area contributed by atoms with Crippen molar-refractivity contribution in [3.05, 3.63) is 48.2 Å². The van der Waals surface area contributed by atoms with Crippen molar-refractivity contribution in [2.75, 3.05) is 13.7 Å². The molecule has 0 radical (unpaired) electrons. The quantitative estimate of drug-likeness (QED) is 0.764. The van der Waals surface area contributed by atoms with Crippen LogP contribution in [-0.4, -0.2) is 18.3 Å². The first-order chi connectivity index (χ1) is 7.83. The molecule has 2 nitrogen and oxygen atoms in total. The largest absolute Gasteiger partial charge is 0.383 e. The molecule has 0 bridgehead atoms. The van der Waals surface area contributed by atoms with Gasteiger partial charge in [-0.2, -0.15) is 0 Å². The van der Waals surface area contributed by atoms with E-state index in [-0.39, 0.29) is 0 Å². The molecule has 0 fully saturated rings.